The summed E-state index contributed by atoms with van der Waals surface area (Å²) in [7, 11) is 1.71. The predicted octanol–water partition coefficient (Wildman–Crippen LogP) is 2.95. The van der Waals surface area contributed by atoms with Crippen LogP contribution in [0.2, 0.25) is 0 Å². The highest BCUT2D eigenvalue weighted by Gasteiger charge is 2.24. The van der Waals surface area contributed by atoms with E-state index < -0.39 is 0 Å². The first-order valence-corrected chi connectivity index (χ1v) is 7.88. The fraction of sp³-hybridized carbons (Fsp3) is 0.421. The Morgan fingerprint density at radius 1 is 0.960 bits per heavy atom. The number of imide groups is 1. The summed E-state index contributed by atoms with van der Waals surface area (Å²) in [4.78, 5) is 34.8. The molecule has 1 heterocycles. The standard InChI is InChI=1S/C12H9NO3.C5H12O.C2H6.H2O/c1-8(14)9-2-4-10(5-3-9)13-11(15)6-7-12(13)16;1-5(2,3)6-4;1-2;/h2-7H,1H3;1-4H3;1-2H3;1H2. The fourth-order valence-corrected chi connectivity index (χ4v) is 1.50. The van der Waals surface area contributed by atoms with Crippen molar-refractivity contribution in [2.75, 3.05) is 12.0 Å². The number of methoxy groups -OCH3 is 1. The number of carbonyl (C=O) groups excluding carboxylic acids is 3. The molecule has 1 aliphatic rings. The number of nitrogens with zero attached hydrogens (tertiary/aromatic N) is 1. The second-order valence-corrected chi connectivity index (χ2v) is 5.76. The molecule has 25 heavy (non-hydrogen) atoms. The minimum atomic E-state index is -0.361. The van der Waals surface area contributed by atoms with Crippen molar-refractivity contribution in [3.63, 3.8) is 0 Å². The van der Waals surface area contributed by atoms with Gasteiger partial charge in [0.05, 0.1) is 11.3 Å². The number of carbonyl (C=O) groups is 3. The summed E-state index contributed by atoms with van der Waals surface area (Å²) in [5.41, 5.74) is 1.07. The van der Waals surface area contributed by atoms with Crippen molar-refractivity contribution in [2.45, 2.75) is 47.1 Å². The van der Waals surface area contributed by atoms with E-state index in [1.165, 1.54) is 19.1 Å². The van der Waals surface area contributed by atoms with Gasteiger partial charge >= 0.3 is 0 Å². The summed E-state index contributed by atoms with van der Waals surface area (Å²) in [5, 5.41) is 0. The molecule has 2 rings (SSSR count). The Morgan fingerprint density at radius 3 is 1.60 bits per heavy atom. The Bertz CT molecular complexity index is 579. The van der Waals surface area contributed by atoms with E-state index in [4.69, 9.17) is 4.74 Å². The van der Waals surface area contributed by atoms with Gasteiger partial charge in [0.25, 0.3) is 11.8 Å². The summed E-state index contributed by atoms with van der Waals surface area (Å²) in [5.74, 6) is -0.773. The molecule has 0 radical (unpaired) electrons. The molecule has 0 fully saturated rings. The molecule has 1 aromatic rings. The highest BCUT2D eigenvalue weighted by molar-refractivity contribution is 6.28. The molecular weight excluding hydrogens is 322 g/mol. The number of amides is 2. The summed E-state index contributed by atoms with van der Waals surface area (Å²) >= 11 is 0. The van der Waals surface area contributed by atoms with Gasteiger partial charge in [-0.15, -0.1) is 0 Å². The minimum Gasteiger partial charge on any atom is -0.412 e. The summed E-state index contributed by atoms with van der Waals surface area (Å²) in [6.07, 6.45) is 2.45. The number of benzene rings is 1. The zero-order valence-corrected chi connectivity index (χ0v) is 16.0. The van der Waals surface area contributed by atoms with Crippen molar-refractivity contribution in [3.8, 4) is 0 Å². The smallest absolute Gasteiger partial charge is 0.258 e. The monoisotopic (exact) mass is 351 g/mol. The predicted molar refractivity (Wildman–Crippen MR) is 99.8 cm³/mol. The summed E-state index contributed by atoms with van der Waals surface area (Å²) in [6, 6.07) is 6.35. The number of ether oxygens (including phenoxy) is 1. The Hall–Kier alpha value is -2.31. The van der Waals surface area contributed by atoms with Crippen LogP contribution in [0.25, 0.3) is 0 Å². The van der Waals surface area contributed by atoms with Crippen molar-refractivity contribution in [1.82, 2.24) is 0 Å². The maximum absolute atomic E-state index is 11.4. The third-order valence-corrected chi connectivity index (χ3v) is 2.95. The number of anilines is 1. The zero-order valence-electron chi connectivity index (χ0n) is 16.0. The van der Waals surface area contributed by atoms with Crippen molar-refractivity contribution in [1.29, 1.82) is 0 Å². The van der Waals surface area contributed by atoms with Crippen LogP contribution in [0.1, 0.15) is 51.9 Å². The largest absolute Gasteiger partial charge is 0.412 e. The van der Waals surface area contributed by atoms with Crippen LogP contribution in [-0.4, -0.2) is 35.8 Å². The maximum Gasteiger partial charge on any atom is 0.258 e. The van der Waals surface area contributed by atoms with Crippen molar-refractivity contribution in [3.05, 3.63) is 42.0 Å². The second-order valence-electron chi connectivity index (χ2n) is 5.76. The van der Waals surface area contributed by atoms with Crippen LogP contribution in [0.5, 0.6) is 0 Å². The van der Waals surface area contributed by atoms with Gasteiger partial charge in [0.2, 0.25) is 0 Å². The van der Waals surface area contributed by atoms with Crippen LogP contribution >= 0.6 is 0 Å². The third kappa shape index (κ3) is 8.37. The van der Waals surface area contributed by atoms with E-state index in [2.05, 4.69) is 0 Å². The SMILES string of the molecule is CC.CC(=O)c1ccc(N2C(=O)C=CC2=O)cc1.COC(C)(C)C.O. The highest BCUT2D eigenvalue weighted by atomic mass is 16.5. The molecule has 0 atom stereocenters. The normalized spacial score (nSPS) is 12.5. The second kappa shape index (κ2) is 11.3. The summed E-state index contributed by atoms with van der Waals surface area (Å²) < 4.78 is 4.94. The first-order valence-electron chi connectivity index (χ1n) is 7.88. The number of Topliss-reactive ketones (excluding diaryl/α,β-unsaturated/α-hetero) is 1. The van der Waals surface area contributed by atoms with Crippen LogP contribution < -0.4 is 4.90 Å². The number of ketones is 1. The van der Waals surface area contributed by atoms with E-state index in [9.17, 15) is 14.4 Å². The van der Waals surface area contributed by atoms with Crippen LogP contribution in [0.3, 0.4) is 0 Å². The number of rotatable bonds is 2. The average Bonchev–Trinajstić information content (AvgIpc) is 2.88. The molecular formula is C19H29NO5. The molecule has 1 aliphatic heterocycles. The topological polar surface area (TPSA) is 95.2 Å². The van der Waals surface area contributed by atoms with Crippen molar-refractivity contribution < 1.29 is 24.6 Å². The molecule has 0 unspecified atom stereocenters. The van der Waals surface area contributed by atoms with Crippen LogP contribution in [0, 0.1) is 0 Å². The average molecular weight is 351 g/mol. The van der Waals surface area contributed by atoms with Gasteiger partial charge < -0.3 is 10.2 Å². The molecule has 1 aromatic carbocycles. The van der Waals surface area contributed by atoms with E-state index in [1.807, 2.05) is 34.6 Å². The Balaban J connectivity index is 0. The number of hydrogen-bond donors (Lipinski definition) is 0. The van der Waals surface area contributed by atoms with Gasteiger partial charge in [-0.2, -0.15) is 0 Å². The Labute approximate surface area is 149 Å². The van der Waals surface area contributed by atoms with Crippen LogP contribution in [0.15, 0.2) is 36.4 Å². The van der Waals surface area contributed by atoms with Gasteiger partial charge in [0.1, 0.15) is 0 Å². The highest BCUT2D eigenvalue weighted by Crippen LogP contribution is 2.19. The van der Waals surface area contributed by atoms with E-state index in [1.54, 1.807) is 31.4 Å². The van der Waals surface area contributed by atoms with E-state index >= 15 is 0 Å². The first-order chi connectivity index (χ1) is 11.2. The molecule has 140 valence electrons. The molecule has 6 heteroatoms. The number of hydrogen-bond acceptors (Lipinski definition) is 4. The molecule has 6 nitrogen and oxygen atoms in total. The third-order valence-electron chi connectivity index (χ3n) is 2.95. The van der Waals surface area contributed by atoms with E-state index in [0.717, 1.165) is 4.90 Å². The quantitative estimate of drug-likeness (QED) is 0.604. The lowest BCUT2D eigenvalue weighted by Crippen LogP contribution is -2.29. The molecule has 0 saturated carbocycles. The van der Waals surface area contributed by atoms with Gasteiger partial charge in [0, 0.05) is 24.8 Å². The summed E-state index contributed by atoms with van der Waals surface area (Å²) in [6.45, 7) is 11.5. The van der Waals surface area contributed by atoms with Crippen molar-refractivity contribution >= 4 is 23.3 Å². The van der Waals surface area contributed by atoms with Gasteiger partial charge in [-0.25, -0.2) is 4.90 Å². The van der Waals surface area contributed by atoms with E-state index in [0.29, 0.717) is 11.3 Å². The van der Waals surface area contributed by atoms with Crippen molar-refractivity contribution in [2.24, 2.45) is 0 Å². The minimum absolute atomic E-state index is 0. The van der Waals surface area contributed by atoms with E-state index in [-0.39, 0.29) is 28.7 Å². The van der Waals surface area contributed by atoms with Gasteiger partial charge in [-0.05, 0) is 52.0 Å². The lowest BCUT2D eigenvalue weighted by Gasteiger charge is -2.14. The first kappa shape index (κ1) is 24.9. The molecule has 0 saturated heterocycles. The zero-order chi connectivity index (χ0) is 18.9. The molecule has 0 bridgehead atoms. The Kier molecular flexibility index (Phi) is 11.3. The maximum atomic E-state index is 11.4. The fourth-order valence-electron chi connectivity index (χ4n) is 1.50. The van der Waals surface area contributed by atoms with Gasteiger partial charge in [-0.3, -0.25) is 14.4 Å². The lowest BCUT2D eigenvalue weighted by molar-refractivity contribution is -0.119. The molecule has 2 amide bonds. The molecule has 0 spiro atoms. The van der Waals surface area contributed by atoms with Crippen LogP contribution in [0.4, 0.5) is 5.69 Å². The molecule has 0 aliphatic carbocycles. The lowest BCUT2D eigenvalue weighted by atomic mass is 10.1. The molecule has 2 N–H and O–H groups in total. The van der Waals surface area contributed by atoms with Crippen LogP contribution in [-0.2, 0) is 14.3 Å². The molecule has 0 aromatic heterocycles. The van der Waals surface area contributed by atoms with Gasteiger partial charge in [-0.1, -0.05) is 13.8 Å². The van der Waals surface area contributed by atoms with Gasteiger partial charge in [0.15, 0.2) is 5.78 Å². The Morgan fingerprint density at radius 2 is 1.32 bits per heavy atom.